The fourth-order valence-electron chi connectivity index (χ4n) is 4.31. The largest absolute Gasteiger partial charge is 0.462 e. The second-order valence-corrected chi connectivity index (χ2v) is 10.4. The number of hydrogen-bond donors (Lipinski definition) is 1. The van der Waals surface area contributed by atoms with Crippen LogP contribution in [0.3, 0.4) is 0 Å². The molecule has 12 nitrogen and oxygen atoms in total. The van der Waals surface area contributed by atoms with Gasteiger partial charge in [-0.05, 0) is 23.6 Å². The highest BCUT2D eigenvalue weighted by molar-refractivity contribution is 7.15. The number of esters is 5. The maximum atomic E-state index is 13.7. The average molecular weight is 640 g/mol. The Hall–Kier alpha value is -5.04. The number of carbonyl (C=O) groups excluding carboxylic acids is 6. The number of rotatable bonds is 13. The molecule has 0 aliphatic heterocycles. The summed E-state index contributed by atoms with van der Waals surface area (Å²) < 4.78 is 25.9. The van der Waals surface area contributed by atoms with E-state index in [-0.39, 0.29) is 17.2 Å². The van der Waals surface area contributed by atoms with Crippen LogP contribution in [-0.4, -0.2) is 67.3 Å². The molecule has 1 amide bonds. The number of ether oxygens (including phenoxy) is 5. The van der Waals surface area contributed by atoms with Gasteiger partial charge in [0.05, 0.1) is 6.61 Å². The Balaban J connectivity index is 2.02. The first-order valence-electron chi connectivity index (χ1n) is 13.8. The molecule has 1 N–H and O–H groups in total. The van der Waals surface area contributed by atoms with E-state index in [1.807, 2.05) is 54.6 Å². The van der Waals surface area contributed by atoms with Crippen molar-refractivity contribution in [3.05, 3.63) is 65.5 Å². The van der Waals surface area contributed by atoms with Crippen molar-refractivity contribution in [2.45, 2.75) is 52.9 Å². The van der Waals surface area contributed by atoms with Gasteiger partial charge in [0.1, 0.15) is 17.2 Å². The van der Waals surface area contributed by atoms with Gasteiger partial charge in [0, 0.05) is 38.6 Å². The fourth-order valence-corrected chi connectivity index (χ4v) is 5.27. The minimum atomic E-state index is -1.89. The highest BCUT2D eigenvalue weighted by Crippen LogP contribution is 2.37. The van der Waals surface area contributed by atoms with E-state index in [2.05, 4.69) is 5.32 Å². The first-order chi connectivity index (χ1) is 21.4. The molecule has 13 heteroatoms. The zero-order chi connectivity index (χ0) is 33.1. The van der Waals surface area contributed by atoms with Crippen molar-refractivity contribution in [3.63, 3.8) is 0 Å². The van der Waals surface area contributed by atoms with Crippen molar-refractivity contribution < 1.29 is 52.5 Å². The lowest BCUT2D eigenvalue weighted by atomic mass is 9.99. The molecule has 45 heavy (non-hydrogen) atoms. The summed E-state index contributed by atoms with van der Waals surface area (Å²) >= 11 is 1.01. The second-order valence-electron chi connectivity index (χ2n) is 9.56. The van der Waals surface area contributed by atoms with E-state index in [1.165, 1.54) is 0 Å². The van der Waals surface area contributed by atoms with Crippen molar-refractivity contribution in [1.82, 2.24) is 0 Å². The molecule has 0 saturated heterocycles. The van der Waals surface area contributed by atoms with Gasteiger partial charge in [-0.1, -0.05) is 54.6 Å². The summed E-state index contributed by atoms with van der Waals surface area (Å²) in [6.07, 6.45) is -5.15. The van der Waals surface area contributed by atoms with Gasteiger partial charge >= 0.3 is 29.8 Å². The number of carbonyl (C=O) groups is 6. The fraction of sp³-hybridized carbons (Fsp3) is 0.312. The van der Waals surface area contributed by atoms with Crippen LogP contribution in [0, 0.1) is 0 Å². The monoisotopic (exact) mass is 639 g/mol. The number of hydrogen-bond acceptors (Lipinski definition) is 12. The summed E-state index contributed by atoms with van der Waals surface area (Å²) in [4.78, 5) is 74.3. The van der Waals surface area contributed by atoms with Crippen LogP contribution in [0.1, 0.15) is 45.0 Å². The van der Waals surface area contributed by atoms with Crippen LogP contribution in [-0.2, 0) is 47.7 Å². The molecule has 2 aromatic carbocycles. The van der Waals surface area contributed by atoms with Gasteiger partial charge in [-0.3, -0.25) is 24.0 Å². The molecule has 0 bridgehead atoms. The summed E-state index contributed by atoms with van der Waals surface area (Å²) in [5.41, 5.74) is 3.15. The van der Waals surface area contributed by atoms with E-state index in [0.717, 1.165) is 50.2 Å². The third-order valence-corrected chi connectivity index (χ3v) is 6.99. The normalized spacial score (nSPS) is 12.6. The van der Waals surface area contributed by atoms with Crippen LogP contribution in [0.2, 0.25) is 0 Å². The molecule has 0 fully saturated rings. The molecular weight excluding hydrogens is 606 g/mol. The highest BCUT2D eigenvalue weighted by atomic mass is 32.1. The molecule has 3 aromatic rings. The topological polar surface area (TPSA) is 161 Å². The molecule has 0 aliphatic carbocycles. The van der Waals surface area contributed by atoms with Crippen LogP contribution >= 0.6 is 11.3 Å². The summed E-state index contributed by atoms with van der Waals surface area (Å²) in [5, 5.41) is 4.29. The average Bonchev–Trinajstić information content (AvgIpc) is 3.40. The van der Waals surface area contributed by atoms with E-state index in [4.69, 9.17) is 23.7 Å². The van der Waals surface area contributed by atoms with Gasteiger partial charge in [-0.15, -0.1) is 11.3 Å². The standard InChI is InChI=1S/C32H33NO11S/c1-6-40-32(39)27-25(24-14-12-23(13-15-24)22-10-8-7-9-11-22)17-45-31(27)33-30(38)29(44-21(5)37)28(43-20(4)36)26(42-19(3)35)16-41-18(2)34/h7-15,17,26,28-29H,6,16H2,1-5H3,(H,33,38)/t26-,28-,29+/m0/s1. The van der Waals surface area contributed by atoms with Crippen molar-refractivity contribution in [3.8, 4) is 22.3 Å². The summed E-state index contributed by atoms with van der Waals surface area (Å²) in [7, 11) is 0. The molecule has 1 aromatic heterocycles. The van der Waals surface area contributed by atoms with Crippen LogP contribution in [0.5, 0.6) is 0 Å². The molecule has 238 valence electrons. The first-order valence-corrected chi connectivity index (χ1v) is 14.7. The quantitative estimate of drug-likeness (QED) is 0.206. The van der Waals surface area contributed by atoms with Gasteiger partial charge in [0.15, 0.2) is 12.2 Å². The Bertz CT molecular complexity index is 1530. The lowest BCUT2D eigenvalue weighted by Gasteiger charge is -2.30. The lowest BCUT2D eigenvalue weighted by molar-refractivity contribution is -0.190. The van der Waals surface area contributed by atoms with Gasteiger partial charge in [0.2, 0.25) is 6.10 Å². The van der Waals surface area contributed by atoms with Crippen LogP contribution < -0.4 is 5.32 Å². The molecule has 3 atom stereocenters. The number of anilines is 1. The van der Waals surface area contributed by atoms with Crippen LogP contribution in [0.4, 0.5) is 5.00 Å². The smallest absolute Gasteiger partial charge is 0.341 e. The molecule has 0 aliphatic rings. The highest BCUT2D eigenvalue weighted by Gasteiger charge is 2.43. The zero-order valence-electron chi connectivity index (χ0n) is 25.3. The molecule has 3 rings (SSSR count). The van der Waals surface area contributed by atoms with Gasteiger partial charge in [0.25, 0.3) is 5.91 Å². The SMILES string of the molecule is CCOC(=O)c1c(-c2ccc(-c3ccccc3)cc2)csc1NC(=O)[C@H](OC(C)=O)[C@@H](OC(C)=O)[C@H](COC(C)=O)OC(C)=O. The van der Waals surface area contributed by atoms with E-state index in [1.54, 1.807) is 12.3 Å². The molecule has 0 spiro atoms. The molecule has 0 radical (unpaired) electrons. The Morgan fingerprint density at radius 1 is 0.711 bits per heavy atom. The van der Waals surface area contributed by atoms with Gasteiger partial charge < -0.3 is 29.0 Å². The predicted molar refractivity (Wildman–Crippen MR) is 163 cm³/mol. The van der Waals surface area contributed by atoms with Gasteiger partial charge in [-0.25, -0.2) is 4.79 Å². The Kier molecular flexibility index (Phi) is 12.4. The molecule has 1 heterocycles. The van der Waals surface area contributed by atoms with Crippen LogP contribution in [0.25, 0.3) is 22.3 Å². The van der Waals surface area contributed by atoms with E-state index in [9.17, 15) is 28.8 Å². The number of nitrogens with one attached hydrogen (secondary N) is 1. The molecule has 0 saturated carbocycles. The minimum absolute atomic E-state index is 0.0460. The van der Waals surface area contributed by atoms with E-state index in [0.29, 0.717) is 11.1 Å². The summed E-state index contributed by atoms with van der Waals surface area (Å²) in [6, 6.07) is 17.2. The van der Waals surface area contributed by atoms with Gasteiger partial charge in [-0.2, -0.15) is 0 Å². The van der Waals surface area contributed by atoms with Crippen molar-refractivity contribution in [1.29, 1.82) is 0 Å². The third-order valence-electron chi connectivity index (χ3n) is 6.10. The van der Waals surface area contributed by atoms with Crippen LogP contribution in [0.15, 0.2) is 60.0 Å². The Morgan fingerprint density at radius 2 is 1.29 bits per heavy atom. The number of benzene rings is 2. The van der Waals surface area contributed by atoms with Crippen molar-refractivity contribution >= 4 is 52.1 Å². The third kappa shape index (κ3) is 9.73. The predicted octanol–water partition coefficient (Wildman–Crippen LogP) is 4.56. The number of thiophene rings is 1. The lowest BCUT2D eigenvalue weighted by Crippen LogP contribution is -2.52. The summed E-state index contributed by atoms with van der Waals surface area (Å²) in [6.45, 7) is 5.27. The zero-order valence-corrected chi connectivity index (χ0v) is 26.1. The first kappa shape index (κ1) is 34.5. The molecular formula is C32H33NO11S. The van der Waals surface area contributed by atoms with E-state index >= 15 is 0 Å². The second kappa shape index (κ2) is 16.1. The maximum Gasteiger partial charge on any atom is 0.341 e. The van der Waals surface area contributed by atoms with Crippen molar-refractivity contribution in [2.24, 2.45) is 0 Å². The number of amides is 1. The minimum Gasteiger partial charge on any atom is -0.462 e. The maximum absolute atomic E-state index is 13.7. The molecule has 0 unspecified atom stereocenters. The van der Waals surface area contributed by atoms with Crippen molar-refractivity contribution in [2.75, 3.05) is 18.5 Å². The van der Waals surface area contributed by atoms with E-state index < -0.39 is 60.7 Å². The Labute approximate surface area is 263 Å². The summed E-state index contributed by atoms with van der Waals surface area (Å²) in [5.74, 6) is -5.17. The Morgan fingerprint density at radius 3 is 1.84 bits per heavy atom.